The average Bonchev–Trinajstić information content (AvgIpc) is 3.17. The lowest BCUT2D eigenvalue weighted by atomic mass is 10.1. The highest BCUT2D eigenvalue weighted by atomic mass is 32.2. The minimum Gasteiger partial charge on any atom is -0.281 e. The van der Waals surface area contributed by atoms with Gasteiger partial charge in [-0.1, -0.05) is 59.8 Å². The molecule has 1 atom stereocenters. The van der Waals surface area contributed by atoms with Crippen LogP contribution in [0.5, 0.6) is 0 Å². The van der Waals surface area contributed by atoms with E-state index in [1.807, 2.05) is 24.3 Å². The summed E-state index contributed by atoms with van der Waals surface area (Å²) in [6, 6.07) is 18.6. The van der Waals surface area contributed by atoms with Crippen LogP contribution in [0.4, 0.5) is 4.39 Å². The molecule has 1 aromatic heterocycles. The second kappa shape index (κ2) is 9.10. The van der Waals surface area contributed by atoms with Gasteiger partial charge in [-0.25, -0.2) is 9.07 Å². The number of aryl methyl sites for hydroxylation is 1. The largest absolute Gasteiger partial charge is 0.281 e. The highest BCUT2D eigenvalue weighted by Gasteiger charge is 2.20. The Morgan fingerprint density at radius 1 is 1.15 bits per heavy atom. The number of alkyl halides is 1. The first-order valence-corrected chi connectivity index (χ1v) is 9.28. The number of thioether (sulfide) groups is 1. The van der Waals surface area contributed by atoms with E-state index in [9.17, 15) is 9.18 Å². The number of hydrogen-bond acceptors (Lipinski definition) is 5. The summed E-state index contributed by atoms with van der Waals surface area (Å²) in [6.45, 7) is 0.454. The number of halogens is 1. The molecule has 0 aliphatic rings. The molecule has 0 radical (unpaired) electrons. The predicted molar refractivity (Wildman–Crippen MR) is 102 cm³/mol. The smallest absolute Gasteiger partial charge is 0.222 e. The number of carbonyl (C=O) groups is 1. The Balaban J connectivity index is 1.59. The summed E-state index contributed by atoms with van der Waals surface area (Å²) in [4.78, 5) is 12.1. The third kappa shape index (κ3) is 5.25. The fourth-order valence-electron chi connectivity index (χ4n) is 2.49. The fraction of sp³-hybridized carbons (Fsp3) is 0.200. The van der Waals surface area contributed by atoms with Gasteiger partial charge in [0.05, 0.1) is 18.8 Å². The molecule has 0 saturated heterocycles. The summed E-state index contributed by atoms with van der Waals surface area (Å²) in [6.07, 6.45) is 2.73. The maximum atomic E-state index is 14.4. The Hall–Kier alpha value is -2.98. The van der Waals surface area contributed by atoms with E-state index in [2.05, 4.69) is 16.4 Å². The van der Waals surface area contributed by atoms with Crippen LogP contribution in [-0.4, -0.2) is 20.1 Å². The lowest BCUT2D eigenvalue weighted by Gasteiger charge is -2.04. The summed E-state index contributed by atoms with van der Waals surface area (Å²) >= 11 is 0.587. The Morgan fingerprint density at radius 2 is 1.85 bits per heavy atom. The monoisotopic (exact) mass is 380 g/mol. The molecule has 0 fully saturated rings. The number of benzene rings is 2. The summed E-state index contributed by atoms with van der Waals surface area (Å²) < 4.78 is 15.9. The third-order valence-electron chi connectivity index (χ3n) is 3.90. The van der Waals surface area contributed by atoms with E-state index in [1.54, 1.807) is 35.0 Å². The van der Waals surface area contributed by atoms with Crippen LogP contribution in [0.25, 0.3) is 0 Å². The van der Waals surface area contributed by atoms with Crippen molar-refractivity contribution in [3.8, 4) is 6.07 Å². The highest BCUT2D eigenvalue weighted by molar-refractivity contribution is 8.14. The standard InChI is InChI=1S/C20H17FN4OS/c21-19(27-20(26)17-6-2-1-3-7-17)18-14-25(24-23-18)13-16-10-8-15(9-11-16)5-4-12-22/h1-3,6-11,14,19H,4-5,13H2. The lowest BCUT2D eigenvalue weighted by molar-refractivity contribution is 0.108. The number of carbonyl (C=O) groups excluding carboxylic acids is 1. The predicted octanol–water partition coefficient (Wildman–Crippen LogP) is 4.32. The highest BCUT2D eigenvalue weighted by Crippen LogP contribution is 2.31. The first kappa shape index (κ1) is 18.8. The van der Waals surface area contributed by atoms with Crippen molar-refractivity contribution in [3.05, 3.63) is 83.2 Å². The Bertz CT molecular complexity index is 935. The number of aromatic nitrogens is 3. The van der Waals surface area contributed by atoms with Gasteiger partial charge in [-0.05, 0) is 29.3 Å². The number of rotatable bonds is 7. The summed E-state index contributed by atoms with van der Waals surface area (Å²) in [5.74, 6) is 0. The molecule has 1 heterocycles. The first-order chi connectivity index (χ1) is 13.2. The van der Waals surface area contributed by atoms with Crippen molar-refractivity contribution in [3.63, 3.8) is 0 Å². The summed E-state index contributed by atoms with van der Waals surface area (Å²) in [5, 5.41) is 16.1. The zero-order chi connectivity index (χ0) is 19.1. The van der Waals surface area contributed by atoms with Gasteiger partial charge in [-0.3, -0.25) is 4.79 Å². The van der Waals surface area contributed by atoms with Crippen LogP contribution >= 0.6 is 11.8 Å². The molecule has 0 bridgehead atoms. The van der Waals surface area contributed by atoms with Crippen LogP contribution in [-0.2, 0) is 13.0 Å². The van der Waals surface area contributed by atoms with E-state index in [1.165, 1.54) is 6.20 Å². The molecule has 0 aliphatic carbocycles. The van der Waals surface area contributed by atoms with Crippen molar-refractivity contribution in [2.24, 2.45) is 0 Å². The van der Waals surface area contributed by atoms with E-state index in [-0.39, 0.29) is 10.8 Å². The first-order valence-electron chi connectivity index (χ1n) is 8.40. The molecule has 0 N–H and O–H groups in total. The summed E-state index contributed by atoms with van der Waals surface area (Å²) in [5.41, 5.74) is 1.10. The fourth-order valence-corrected chi connectivity index (χ4v) is 3.18. The molecule has 0 saturated carbocycles. The molecule has 3 rings (SSSR count). The van der Waals surface area contributed by atoms with Gasteiger partial charge in [-0.15, -0.1) is 5.10 Å². The molecule has 5 nitrogen and oxygen atoms in total. The van der Waals surface area contributed by atoms with Crippen molar-refractivity contribution in [2.75, 3.05) is 0 Å². The van der Waals surface area contributed by atoms with Crippen molar-refractivity contribution in [1.82, 2.24) is 15.0 Å². The van der Waals surface area contributed by atoms with Gasteiger partial charge in [-0.2, -0.15) is 5.26 Å². The number of hydrogen-bond donors (Lipinski definition) is 0. The van der Waals surface area contributed by atoms with Crippen LogP contribution in [0.1, 0.15) is 39.1 Å². The van der Waals surface area contributed by atoms with E-state index in [4.69, 9.17) is 5.26 Å². The quantitative estimate of drug-likeness (QED) is 0.610. The van der Waals surface area contributed by atoms with E-state index >= 15 is 0 Å². The van der Waals surface area contributed by atoms with Crippen molar-refractivity contribution < 1.29 is 9.18 Å². The van der Waals surface area contributed by atoms with Gasteiger partial charge >= 0.3 is 0 Å². The van der Waals surface area contributed by atoms with Crippen LogP contribution in [0.3, 0.4) is 0 Å². The normalized spacial score (nSPS) is 11.7. The van der Waals surface area contributed by atoms with Gasteiger partial charge in [0.2, 0.25) is 5.12 Å². The van der Waals surface area contributed by atoms with Crippen LogP contribution in [0, 0.1) is 11.3 Å². The Labute approximate surface area is 160 Å². The second-order valence-corrected chi connectivity index (χ2v) is 6.92. The molecule has 136 valence electrons. The van der Waals surface area contributed by atoms with Gasteiger partial charge < -0.3 is 0 Å². The molecule has 3 aromatic rings. The van der Waals surface area contributed by atoms with Gasteiger partial charge in [0.25, 0.3) is 0 Å². The molecule has 0 spiro atoms. The average molecular weight is 380 g/mol. The Kier molecular flexibility index (Phi) is 6.34. The van der Waals surface area contributed by atoms with E-state index in [0.29, 0.717) is 30.3 Å². The molecule has 1 unspecified atom stereocenters. The van der Waals surface area contributed by atoms with E-state index < -0.39 is 5.50 Å². The second-order valence-electron chi connectivity index (χ2n) is 5.90. The SMILES string of the molecule is N#CCCc1ccc(Cn2cc(C(F)SC(=O)c3ccccc3)nn2)cc1. The summed E-state index contributed by atoms with van der Waals surface area (Å²) in [7, 11) is 0. The van der Waals surface area contributed by atoms with Crippen molar-refractivity contribution in [1.29, 1.82) is 5.26 Å². The minimum atomic E-state index is -1.57. The molecule has 7 heteroatoms. The molecule has 2 aromatic carbocycles. The maximum absolute atomic E-state index is 14.4. The Morgan fingerprint density at radius 3 is 2.56 bits per heavy atom. The topological polar surface area (TPSA) is 71.6 Å². The van der Waals surface area contributed by atoms with E-state index in [0.717, 1.165) is 17.5 Å². The zero-order valence-electron chi connectivity index (χ0n) is 14.5. The molecular formula is C20H17FN4OS. The van der Waals surface area contributed by atoms with Crippen LogP contribution in [0.15, 0.2) is 60.8 Å². The minimum absolute atomic E-state index is 0.120. The zero-order valence-corrected chi connectivity index (χ0v) is 15.3. The number of nitrogens with zero attached hydrogens (tertiary/aromatic N) is 4. The molecule has 0 amide bonds. The molecule has 0 aliphatic heterocycles. The molecular weight excluding hydrogens is 363 g/mol. The number of nitriles is 1. The maximum Gasteiger partial charge on any atom is 0.222 e. The van der Waals surface area contributed by atoms with Crippen molar-refractivity contribution >= 4 is 16.9 Å². The van der Waals surface area contributed by atoms with Crippen LogP contribution < -0.4 is 0 Å². The van der Waals surface area contributed by atoms with Gasteiger partial charge in [0.1, 0.15) is 5.69 Å². The molecule has 27 heavy (non-hydrogen) atoms. The lowest BCUT2D eigenvalue weighted by Crippen LogP contribution is -2.00. The van der Waals surface area contributed by atoms with Gasteiger partial charge in [0, 0.05) is 12.0 Å². The van der Waals surface area contributed by atoms with Gasteiger partial charge in [0.15, 0.2) is 5.50 Å². The van der Waals surface area contributed by atoms with Crippen molar-refractivity contribution in [2.45, 2.75) is 24.9 Å². The third-order valence-corrected chi connectivity index (χ3v) is 4.80. The van der Waals surface area contributed by atoms with Crippen LogP contribution in [0.2, 0.25) is 0 Å².